The van der Waals surface area contributed by atoms with Gasteiger partial charge in [0.05, 0.1) is 16.6 Å². The predicted molar refractivity (Wildman–Crippen MR) is 134 cm³/mol. The fourth-order valence-electron chi connectivity index (χ4n) is 3.52. The summed E-state index contributed by atoms with van der Waals surface area (Å²) in [7, 11) is 0. The number of carbonyl (C=O) groups excluding carboxylic acids is 2. The van der Waals surface area contributed by atoms with Crippen LogP contribution in [0, 0.1) is 0 Å². The maximum absolute atomic E-state index is 13.4. The Hall–Kier alpha value is -3.60. The van der Waals surface area contributed by atoms with Crippen LogP contribution in [-0.2, 0) is 4.79 Å². The fraction of sp³-hybridized carbons (Fsp3) is 0.0370. The van der Waals surface area contributed by atoms with E-state index in [9.17, 15) is 9.59 Å². The first-order chi connectivity index (χ1) is 16.0. The molecule has 0 heterocycles. The summed E-state index contributed by atoms with van der Waals surface area (Å²) in [6, 6.07) is 30.7. The number of carbonyl (C=O) groups is 2. The minimum atomic E-state index is -0.535. The first-order valence-corrected chi connectivity index (χ1v) is 11.0. The fourth-order valence-corrected chi connectivity index (χ4v) is 3.88. The molecule has 33 heavy (non-hydrogen) atoms. The lowest BCUT2D eigenvalue weighted by Crippen LogP contribution is -2.22. The summed E-state index contributed by atoms with van der Waals surface area (Å²) >= 11 is 12.4. The van der Waals surface area contributed by atoms with Gasteiger partial charge < -0.3 is 10.6 Å². The largest absolute Gasteiger partial charge is 0.324 e. The highest BCUT2D eigenvalue weighted by atomic mass is 35.5. The second kappa shape index (κ2) is 10.3. The minimum Gasteiger partial charge on any atom is -0.324 e. The van der Waals surface area contributed by atoms with Crippen molar-refractivity contribution in [2.24, 2.45) is 0 Å². The van der Waals surface area contributed by atoms with E-state index in [4.69, 9.17) is 23.2 Å². The van der Waals surface area contributed by atoms with Crippen LogP contribution < -0.4 is 10.6 Å². The molecule has 4 aromatic carbocycles. The third-order valence-electron chi connectivity index (χ3n) is 5.10. The summed E-state index contributed by atoms with van der Waals surface area (Å²) in [4.78, 5) is 26.1. The van der Waals surface area contributed by atoms with E-state index in [2.05, 4.69) is 10.6 Å². The molecule has 0 aliphatic carbocycles. The first-order valence-electron chi connectivity index (χ1n) is 10.3. The number of anilines is 2. The molecule has 0 aromatic heterocycles. The van der Waals surface area contributed by atoms with Gasteiger partial charge in [0.15, 0.2) is 0 Å². The van der Waals surface area contributed by atoms with Crippen molar-refractivity contribution in [2.75, 3.05) is 10.6 Å². The summed E-state index contributed by atoms with van der Waals surface area (Å²) in [5.41, 5.74) is 2.99. The maximum Gasteiger partial charge on any atom is 0.255 e. The molecule has 0 bridgehead atoms. The van der Waals surface area contributed by atoms with Crippen molar-refractivity contribution in [3.8, 4) is 0 Å². The molecule has 0 aliphatic heterocycles. The topological polar surface area (TPSA) is 58.2 Å². The molecule has 0 atom stereocenters. The molecule has 0 saturated carbocycles. The van der Waals surface area contributed by atoms with E-state index in [0.29, 0.717) is 27.0 Å². The standard InChI is InChI=1S/C27H20Cl2N2O2/c28-21-12-7-13-22(17-21)30-26(32)20-14-15-23(29)24(16-20)31-27(33)25(18-8-3-1-4-9-18)19-10-5-2-6-11-19/h1-17,25H,(H,30,32)(H,31,33). The number of hydrogen-bond donors (Lipinski definition) is 2. The van der Waals surface area contributed by atoms with Gasteiger partial charge in [0.1, 0.15) is 0 Å². The lowest BCUT2D eigenvalue weighted by atomic mass is 9.90. The smallest absolute Gasteiger partial charge is 0.255 e. The molecule has 2 amide bonds. The van der Waals surface area contributed by atoms with Gasteiger partial charge in [-0.25, -0.2) is 0 Å². The highest BCUT2D eigenvalue weighted by molar-refractivity contribution is 6.34. The van der Waals surface area contributed by atoms with Crippen LogP contribution in [0.5, 0.6) is 0 Å². The summed E-state index contributed by atoms with van der Waals surface area (Å²) in [6.45, 7) is 0. The number of amides is 2. The van der Waals surface area contributed by atoms with E-state index in [1.807, 2.05) is 60.7 Å². The van der Waals surface area contributed by atoms with Crippen molar-refractivity contribution in [2.45, 2.75) is 5.92 Å². The molecule has 2 N–H and O–H groups in total. The van der Waals surface area contributed by atoms with Gasteiger partial charge in [-0.05, 0) is 47.5 Å². The lowest BCUT2D eigenvalue weighted by molar-refractivity contribution is -0.116. The quantitative estimate of drug-likeness (QED) is 0.315. The molecular formula is C27H20Cl2N2O2. The summed E-state index contributed by atoms with van der Waals surface area (Å²) in [5, 5.41) is 6.55. The van der Waals surface area contributed by atoms with Crippen LogP contribution >= 0.6 is 23.2 Å². The van der Waals surface area contributed by atoms with E-state index in [1.165, 1.54) is 0 Å². The third-order valence-corrected chi connectivity index (χ3v) is 5.66. The Balaban J connectivity index is 1.59. The van der Waals surface area contributed by atoms with E-state index in [-0.39, 0.29) is 11.8 Å². The zero-order valence-electron chi connectivity index (χ0n) is 17.5. The molecular weight excluding hydrogens is 455 g/mol. The van der Waals surface area contributed by atoms with Gasteiger partial charge in [-0.3, -0.25) is 9.59 Å². The molecule has 4 rings (SSSR count). The van der Waals surface area contributed by atoms with Crippen LogP contribution in [0.4, 0.5) is 11.4 Å². The number of rotatable bonds is 6. The van der Waals surface area contributed by atoms with Crippen LogP contribution in [0.1, 0.15) is 27.4 Å². The molecule has 164 valence electrons. The summed E-state index contributed by atoms with van der Waals surface area (Å²) < 4.78 is 0. The van der Waals surface area contributed by atoms with Gasteiger partial charge in [0, 0.05) is 16.3 Å². The molecule has 6 heteroatoms. The Morgan fingerprint density at radius 3 is 1.91 bits per heavy atom. The van der Waals surface area contributed by atoms with Gasteiger partial charge in [-0.15, -0.1) is 0 Å². The highest BCUT2D eigenvalue weighted by Gasteiger charge is 2.23. The lowest BCUT2D eigenvalue weighted by Gasteiger charge is -2.19. The van der Waals surface area contributed by atoms with Gasteiger partial charge in [-0.2, -0.15) is 0 Å². The van der Waals surface area contributed by atoms with Crippen LogP contribution in [-0.4, -0.2) is 11.8 Å². The average Bonchev–Trinajstić information content (AvgIpc) is 2.82. The van der Waals surface area contributed by atoms with Crippen molar-refractivity contribution >= 4 is 46.4 Å². The first kappa shape index (κ1) is 22.6. The van der Waals surface area contributed by atoms with Crippen molar-refractivity contribution in [1.82, 2.24) is 0 Å². The summed E-state index contributed by atoms with van der Waals surface area (Å²) in [5.74, 6) is -1.12. The van der Waals surface area contributed by atoms with E-state index < -0.39 is 5.92 Å². The third kappa shape index (κ3) is 5.61. The van der Waals surface area contributed by atoms with Crippen molar-refractivity contribution in [3.63, 3.8) is 0 Å². The zero-order chi connectivity index (χ0) is 23.2. The number of benzene rings is 4. The van der Waals surface area contributed by atoms with Gasteiger partial charge in [-0.1, -0.05) is 89.9 Å². The molecule has 4 aromatic rings. The maximum atomic E-state index is 13.4. The second-order valence-corrected chi connectivity index (χ2v) is 8.25. The minimum absolute atomic E-state index is 0.248. The van der Waals surface area contributed by atoms with Gasteiger partial charge in [0.2, 0.25) is 5.91 Å². The number of halogens is 2. The molecule has 0 unspecified atom stereocenters. The average molecular weight is 475 g/mol. The molecule has 0 fully saturated rings. The zero-order valence-corrected chi connectivity index (χ0v) is 19.0. The Bertz CT molecular complexity index is 1240. The normalized spacial score (nSPS) is 10.6. The molecule has 0 spiro atoms. The van der Waals surface area contributed by atoms with E-state index in [1.54, 1.807) is 42.5 Å². The van der Waals surface area contributed by atoms with Gasteiger partial charge in [0.25, 0.3) is 5.91 Å². The van der Waals surface area contributed by atoms with Gasteiger partial charge >= 0.3 is 0 Å². The highest BCUT2D eigenvalue weighted by Crippen LogP contribution is 2.29. The Morgan fingerprint density at radius 1 is 0.667 bits per heavy atom. The molecule has 4 nitrogen and oxygen atoms in total. The van der Waals surface area contributed by atoms with Crippen LogP contribution in [0.15, 0.2) is 103 Å². The Morgan fingerprint density at radius 2 is 1.30 bits per heavy atom. The van der Waals surface area contributed by atoms with Crippen LogP contribution in [0.3, 0.4) is 0 Å². The number of hydrogen-bond acceptors (Lipinski definition) is 2. The second-order valence-electron chi connectivity index (χ2n) is 7.40. The Labute approximate surface area is 202 Å². The number of nitrogens with one attached hydrogen (secondary N) is 2. The SMILES string of the molecule is O=C(Nc1cccc(Cl)c1)c1ccc(Cl)c(NC(=O)C(c2ccccc2)c2ccccc2)c1. The van der Waals surface area contributed by atoms with Crippen molar-refractivity contribution in [3.05, 3.63) is 130 Å². The molecule has 0 aliphatic rings. The molecule has 0 radical (unpaired) electrons. The Kier molecular flexibility index (Phi) is 7.08. The molecule has 0 saturated heterocycles. The van der Waals surface area contributed by atoms with E-state index >= 15 is 0 Å². The van der Waals surface area contributed by atoms with Crippen LogP contribution in [0.25, 0.3) is 0 Å². The van der Waals surface area contributed by atoms with E-state index in [0.717, 1.165) is 11.1 Å². The predicted octanol–water partition coefficient (Wildman–Crippen LogP) is 7.02. The van der Waals surface area contributed by atoms with Crippen molar-refractivity contribution < 1.29 is 9.59 Å². The van der Waals surface area contributed by atoms with Crippen molar-refractivity contribution in [1.29, 1.82) is 0 Å². The van der Waals surface area contributed by atoms with Crippen LogP contribution in [0.2, 0.25) is 10.0 Å². The summed E-state index contributed by atoms with van der Waals surface area (Å²) in [6.07, 6.45) is 0. The monoisotopic (exact) mass is 474 g/mol.